The Bertz CT molecular complexity index is 488. The van der Waals surface area contributed by atoms with E-state index in [4.69, 9.17) is 0 Å². The molecule has 0 aliphatic carbocycles. The van der Waals surface area contributed by atoms with Gasteiger partial charge in [0.25, 0.3) is 0 Å². The summed E-state index contributed by atoms with van der Waals surface area (Å²) in [6.45, 7) is 4.02. The van der Waals surface area contributed by atoms with Crippen molar-refractivity contribution in [2.75, 3.05) is 31.9 Å². The van der Waals surface area contributed by atoms with Gasteiger partial charge in [-0.15, -0.1) is 11.8 Å². The molecule has 0 bridgehead atoms. The molecule has 2 fully saturated rings. The van der Waals surface area contributed by atoms with Crippen LogP contribution < -0.4 is 0 Å². The molecule has 114 valence electrons. The summed E-state index contributed by atoms with van der Waals surface area (Å²) in [6.07, 6.45) is 3.86. The third kappa shape index (κ3) is 3.58. The lowest BCUT2D eigenvalue weighted by Gasteiger charge is -2.30. The summed E-state index contributed by atoms with van der Waals surface area (Å²) in [4.78, 5) is 16.5. The van der Waals surface area contributed by atoms with Gasteiger partial charge in [-0.05, 0) is 43.6 Å². The van der Waals surface area contributed by atoms with Crippen LogP contribution in [-0.2, 0) is 4.79 Å². The number of thioether (sulfide) groups is 1. The fourth-order valence-corrected chi connectivity index (χ4v) is 4.25. The van der Waals surface area contributed by atoms with Crippen molar-refractivity contribution in [1.82, 2.24) is 9.80 Å². The lowest BCUT2D eigenvalue weighted by molar-refractivity contribution is -0.128. The third-order valence-corrected chi connectivity index (χ3v) is 5.49. The molecule has 2 saturated heterocycles. The second-order valence-electron chi connectivity index (χ2n) is 5.70. The molecule has 2 heterocycles. The number of piperidine rings is 1. The van der Waals surface area contributed by atoms with Gasteiger partial charge in [-0.2, -0.15) is 0 Å². The minimum absolute atomic E-state index is 0.0443. The van der Waals surface area contributed by atoms with Crippen molar-refractivity contribution < 1.29 is 9.18 Å². The first-order chi connectivity index (χ1) is 10.2. The highest BCUT2D eigenvalue weighted by Crippen LogP contribution is 2.38. The minimum atomic E-state index is -0.229. The molecule has 1 atom stereocenters. The Hall–Kier alpha value is -1.07. The van der Waals surface area contributed by atoms with Gasteiger partial charge >= 0.3 is 0 Å². The third-order valence-electron chi connectivity index (χ3n) is 4.23. The van der Waals surface area contributed by atoms with E-state index in [2.05, 4.69) is 4.90 Å². The Labute approximate surface area is 129 Å². The first kappa shape index (κ1) is 14.9. The highest BCUT2D eigenvalue weighted by molar-refractivity contribution is 8.00. The molecule has 0 aromatic heterocycles. The van der Waals surface area contributed by atoms with E-state index >= 15 is 0 Å². The van der Waals surface area contributed by atoms with Gasteiger partial charge in [0.2, 0.25) is 5.91 Å². The molecular formula is C16H21FN2OS. The number of carbonyl (C=O) groups is 1. The predicted octanol–water partition coefficient (Wildman–Crippen LogP) is 2.89. The minimum Gasteiger partial charge on any atom is -0.325 e. The maximum absolute atomic E-state index is 13.0. The van der Waals surface area contributed by atoms with Crippen LogP contribution in [-0.4, -0.2) is 47.6 Å². The quantitative estimate of drug-likeness (QED) is 0.854. The zero-order valence-electron chi connectivity index (χ0n) is 12.1. The van der Waals surface area contributed by atoms with Crippen LogP contribution in [0, 0.1) is 5.82 Å². The second-order valence-corrected chi connectivity index (χ2v) is 6.77. The molecule has 0 spiro atoms. The molecule has 3 nitrogen and oxygen atoms in total. The lowest BCUT2D eigenvalue weighted by atomic mass is 10.1. The fraction of sp³-hybridized carbons (Fsp3) is 0.562. The van der Waals surface area contributed by atoms with Gasteiger partial charge in [0.05, 0.1) is 5.75 Å². The van der Waals surface area contributed by atoms with E-state index in [1.54, 1.807) is 23.9 Å². The number of halogens is 1. The van der Waals surface area contributed by atoms with Gasteiger partial charge in [0, 0.05) is 13.1 Å². The molecule has 1 aromatic carbocycles. The number of benzene rings is 1. The van der Waals surface area contributed by atoms with Gasteiger partial charge in [-0.3, -0.25) is 4.79 Å². The first-order valence-corrected chi connectivity index (χ1v) is 8.68. The van der Waals surface area contributed by atoms with Crippen molar-refractivity contribution in [2.45, 2.75) is 24.6 Å². The number of hydrogen-bond donors (Lipinski definition) is 0. The standard InChI is InChI=1S/C16H21FN2OS/c17-14-6-4-13(5-7-14)16-19(15(20)12-21-16)11-10-18-8-2-1-3-9-18/h4-7,16H,1-3,8-12H2. The predicted molar refractivity (Wildman–Crippen MR) is 83.6 cm³/mol. The summed E-state index contributed by atoms with van der Waals surface area (Å²) in [5.74, 6) is 0.501. The van der Waals surface area contributed by atoms with Crippen LogP contribution >= 0.6 is 11.8 Å². The average molecular weight is 308 g/mol. The van der Waals surface area contributed by atoms with E-state index < -0.39 is 0 Å². The van der Waals surface area contributed by atoms with E-state index in [9.17, 15) is 9.18 Å². The monoisotopic (exact) mass is 308 g/mol. The maximum atomic E-state index is 13.0. The van der Waals surface area contributed by atoms with E-state index in [1.807, 2.05) is 4.90 Å². The summed E-state index contributed by atoms with van der Waals surface area (Å²) >= 11 is 1.64. The summed E-state index contributed by atoms with van der Waals surface area (Å²) < 4.78 is 13.0. The number of nitrogens with zero attached hydrogens (tertiary/aromatic N) is 2. The summed E-state index contributed by atoms with van der Waals surface area (Å²) in [7, 11) is 0. The first-order valence-electron chi connectivity index (χ1n) is 7.63. The van der Waals surface area contributed by atoms with Gasteiger partial charge in [0.15, 0.2) is 0 Å². The van der Waals surface area contributed by atoms with Crippen LogP contribution in [0.4, 0.5) is 4.39 Å². The van der Waals surface area contributed by atoms with Crippen LogP contribution in [0.15, 0.2) is 24.3 Å². The number of likely N-dealkylation sites (tertiary alicyclic amines) is 1. The van der Waals surface area contributed by atoms with Crippen LogP contribution in [0.1, 0.15) is 30.2 Å². The summed E-state index contributed by atoms with van der Waals surface area (Å²) in [5, 5.41) is 0.0443. The molecule has 0 N–H and O–H groups in total. The molecule has 3 rings (SSSR count). The van der Waals surface area contributed by atoms with Crippen LogP contribution in [0.25, 0.3) is 0 Å². The Kier molecular flexibility index (Phi) is 4.80. The Morgan fingerprint density at radius 3 is 2.52 bits per heavy atom. The van der Waals surface area contributed by atoms with Gasteiger partial charge in [-0.25, -0.2) is 4.39 Å². The van der Waals surface area contributed by atoms with E-state index in [-0.39, 0.29) is 17.1 Å². The van der Waals surface area contributed by atoms with Crippen LogP contribution in [0.3, 0.4) is 0 Å². The molecule has 2 aliphatic heterocycles. The zero-order chi connectivity index (χ0) is 14.7. The molecule has 21 heavy (non-hydrogen) atoms. The van der Waals surface area contributed by atoms with Crippen molar-refractivity contribution in [1.29, 1.82) is 0 Å². The molecular weight excluding hydrogens is 287 g/mol. The number of amides is 1. The lowest BCUT2D eigenvalue weighted by Crippen LogP contribution is -2.39. The highest BCUT2D eigenvalue weighted by Gasteiger charge is 2.32. The largest absolute Gasteiger partial charge is 0.325 e. The molecule has 1 aromatic rings. The Morgan fingerprint density at radius 2 is 1.81 bits per heavy atom. The van der Waals surface area contributed by atoms with Gasteiger partial charge < -0.3 is 9.80 Å². The van der Waals surface area contributed by atoms with Crippen molar-refractivity contribution in [2.24, 2.45) is 0 Å². The van der Waals surface area contributed by atoms with Gasteiger partial charge in [-0.1, -0.05) is 18.6 Å². The van der Waals surface area contributed by atoms with E-state index in [0.717, 1.165) is 31.7 Å². The van der Waals surface area contributed by atoms with Gasteiger partial charge in [0.1, 0.15) is 11.2 Å². The second kappa shape index (κ2) is 6.79. The molecule has 0 radical (unpaired) electrons. The van der Waals surface area contributed by atoms with Crippen LogP contribution in [0.5, 0.6) is 0 Å². The summed E-state index contributed by atoms with van der Waals surface area (Å²) in [6, 6.07) is 6.53. The molecule has 1 amide bonds. The normalized spacial score (nSPS) is 23.8. The fourth-order valence-electron chi connectivity index (χ4n) is 3.03. The Balaban J connectivity index is 1.63. The van der Waals surface area contributed by atoms with Crippen molar-refractivity contribution in [3.05, 3.63) is 35.6 Å². The van der Waals surface area contributed by atoms with Crippen molar-refractivity contribution in [3.8, 4) is 0 Å². The van der Waals surface area contributed by atoms with Crippen molar-refractivity contribution in [3.63, 3.8) is 0 Å². The molecule has 0 saturated carbocycles. The molecule has 5 heteroatoms. The van der Waals surface area contributed by atoms with E-state index in [0.29, 0.717) is 5.75 Å². The van der Waals surface area contributed by atoms with Crippen molar-refractivity contribution >= 4 is 17.7 Å². The van der Waals surface area contributed by atoms with E-state index in [1.165, 1.54) is 31.4 Å². The number of carbonyl (C=O) groups excluding carboxylic acids is 1. The molecule has 2 aliphatic rings. The topological polar surface area (TPSA) is 23.6 Å². The van der Waals surface area contributed by atoms with Crippen LogP contribution in [0.2, 0.25) is 0 Å². The number of hydrogen-bond acceptors (Lipinski definition) is 3. The number of rotatable bonds is 4. The summed E-state index contributed by atoms with van der Waals surface area (Å²) in [5.41, 5.74) is 1.02. The Morgan fingerprint density at radius 1 is 1.10 bits per heavy atom. The maximum Gasteiger partial charge on any atom is 0.233 e. The smallest absolute Gasteiger partial charge is 0.233 e. The average Bonchev–Trinajstić information content (AvgIpc) is 2.88. The highest BCUT2D eigenvalue weighted by atomic mass is 32.2. The SMILES string of the molecule is O=C1CSC(c2ccc(F)cc2)N1CCN1CCCCC1. The molecule has 1 unspecified atom stereocenters. The zero-order valence-corrected chi connectivity index (χ0v) is 12.9.